The molecule has 1 aromatic rings. The smallest absolute Gasteiger partial charge is 0.238 e. The van der Waals surface area contributed by atoms with Crippen LogP contribution in [0.4, 0.5) is 0 Å². The lowest BCUT2D eigenvalue weighted by molar-refractivity contribution is -0.131. The van der Waals surface area contributed by atoms with Crippen LogP contribution in [0.1, 0.15) is 24.9 Å². The minimum absolute atomic E-state index is 0. The number of ether oxygens (including phenoxy) is 1. The van der Waals surface area contributed by atoms with Crippen molar-refractivity contribution < 1.29 is 17.9 Å². The Bertz CT molecular complexity index is 651. The summed E-state index contributed by atoms with van der Waals surface area (Å²) in [5.74, 6) is -0.0114. The van der Waals surface area contributed by atoms with Gasteiger partial charge in [-0.1, -0.05) is 25.1 Å². The van der Waals surface area contributed by atoms with E-state index in [0.29, 0.717) is 31.8 Å². The van der Waals surface area contributed by atoms with Gasteiger partial charge in [0.05, 0.1) is 18.9 Å². The van der Waals surface area contributed by atoms with Gasteiger partial charge in [-0.25, -0.2) is 8.42 Å². The van der Waals surface area contributed by atoms with Crippen molar-refractivity contribution in [3.05, 3.63) is 29.8 Å². The van der Waals surface area contributed by atoms with Crippen LogP contribution in [0, 0.1) is 0 Å². The summed E-state index contributed by atoms with van der Waals surface area (Å²) in [6, 6.07) is 7.31. The molecule has 1 aliphatic rings. The number of sulfone groups is 1. The van der Waals surface area contributed by atoms with E-state index in [1.54, 1.807) is 18.9 Å². The molecule has 1 aliphatic heterocycles. The van der Waals surface area contributed by atoms with Crippen LogP contribution in [-0.4, -0.2) is 57.5 Å². The Morgan fingerprint density at radius 2 is 2.08 bits per heavy atom. The van der Waals surface area contributed by atoms with Gasteiger partial charge in [0.2, 0.25) is 5.91 Å². The quantitative estimate of drug-likeness (QED) is 0.812. The van der Waals surface area contributed by atoms with Crippen LogP contribution in [0.3, 0.4) is 0 Å². The molecule has 136 valence electrons. The fourth-order valence-corrected chi connectivity index (χ4v) is 4.19. The highest BCUT2D eigenvalue weighted by Crippen LogP contribution is 2.30. The molecule has 1 atom stereocenters. The first-order valence-electron chi connectivity index (χ1n) is 7.82. The van der Waals surface area contributed by atoms with Crippen LogP contribution in [0.2, 0.25) is 0 Å². The molecule has 0 aliphatic carbocycles. The van der Waals surface area contributed by atoms with Crippen molar-refractivity contribution in [3.63, 3.8) is 0 Å². The van der Waals surface area contributed by atoms with E-state index in [2.05, 4.69) is 5.32 Å². The molecule has 1 unspecified atom stereocenters. The normalized spacial score (nSPS) is 17.9. The van der Waals surface area contributed by atoms with Crippen molar-refractivity contribution in [2.45, 2.75) is 19.4 Å². The van der Waals surface area contributed by atoms with E-state index in [0.717, 1.165) is 5.56 Å². The van der Waals surface area contributed by atoms with Gasteiger partial charge in [0.25, 0.3) is 0 Å². The molecule has 1 amide bonds. The van der Waals surface area contributed by atoms with Crippen LogP contribution < -0.4 is 10.1 Å². The molecular weight excluding hydrogens is 352 g/mol. The zero-order valence-electron chi connectivity index (χ0n) is 14.0. The molecule has 0 aromatic heterocycles. The molecule has 8 heteroatoms. The van der Waals surface area contributed by atoms with Crippen molar-refractivity contribution in [3.8, 4) is 5.75 Å². The summed E-state index contributed by atoms with van der Waals surface area (Å²) in [6.07, 6.45) is 0.521. The molecule has 24 heavy (non-hydrogen) atoms. The standard InChI is InChI=1S/C16H24N2O4S.ClH/c1-3-10-23(20,21)12-16(19)18-9-8-17-11-14(18)13-6-4-5-7-15(13)22-2;/h4-7,14,17H,3,8-12H2,1-2H3;1H. The van der Waals surface area contributed by atoms with E-state index < -0.39 is 15.6 Å². The molecule has 2 rings (SSSR count). The summed E-state index contributed by atoms with van der Waals surface area (Å²) in [7, 11) is -1.75. The SMILES string of the molecule is CCCS(=O)(=O)CC(=O)N1CCNCC1c1ccccc1OC.Cl. The number of para-hydroxylation sites is 1. The Kier molecular flexibility index (Phi) is 7.99. The Morgan fingerprint density at radius 1 is 1.38 bits per heavy atom. The molecule has 1 aromatic carbocycles. The number of hydrogen-bond donors (Lipinski definition) is 1. The van der Waals surface area contributed by atoms with Gasteiger partial charge in [-0.3, -0.25) is 4.79 Å². The van der Waals surface area contributed by atoms with E-state index in [1.807, 2.05) is 24.3 Å². The second kappa shape index (κ2) is 9.25. The number of piperazine rings is 1. The Balaban J connectivity index is 0.00000288. The highest BCUT2D eigenvalue weighted by Gasteiger charge is 2.31. The number of nitrogens with one attached hydrogen (secondary N) is 1. The lowest BCUT2D eigenvalue weighted by Crippen LogP contribution is -2.50. The van der Waals surface area contributed by atoms with Crippen LogP contribution in [-0.2, 0) is 14.6 Å². The van der Waals surface area contributed by atoms with Crippen LogP contribution >= 0.6 is 12.4 Å². The first-order valence-corrected chi connectivity index (χ1v) is 9.64. The first kappa shape index (κ1) is 20.7. The van der Waals surface area contributed by atoms with Crippen LogP contribution in [0.5, 0.6) is 5.75 Å². The maximum absolute atomic E-state index is 12.6. The van der Waals surface area contributed by atoms with Crippen LogP contribution in [0.25, 0.3) is 0 Å². The Labute approximate surface area is 149 Å². The third-order valence-corrected chi connectivity index (χ3v) is 5.64. The summed E-state index contributed by atoms with van der Waals surface area (Å²) in [5, 5.41) is 3.26. The van der Waals surface area contributed by atoms with E-state index in [9.17, 15) is 13.2 Å². The van der Waals surface area contributed by atoms with Gasteiger partial charge in [0.1, 0.15) is 11.5 Å². The van der Waals surface area contributed by atoms with Crippen molar-refractivity contribution in [1.82, 2.24) is 10.2 Å². The number of carbonyl (C=O) groups excluding carboxylic acids is 1. The van der Waals surface area contributed by atoms with E-state index in [4.69, 9.17) is 4.74 Å². The number of methoxy groups -OCH3 is 1. The highest BCUT2D eigenvalue weighted by atomic mass is 35.5. The molecule has 6 nitrogen and oxygen atoms in total. The van der Waals surface area contributed by atoms with Crippen molar-refractivity contribution >= 4 is 28.2 Å². The second-order valence-electron chi connectivity index (χ2n) is 5.64. The van der Waals surface area contributed by atoms with Gasteiger partial charge >= 0.3 is 0 Å². The molecule has 1 N–H and O–H groups in total. The number of amides is 1. The topological polar surface area (TPSA) is 75.7 Å². The van der Waals surface area contributed by atoms with Crippen molar-refractivity contribution in [2.24, 2.45) is 0 Å². The first-order chi connectivity index (χ1) is 11.0. The molecule has 1 fully saturated rings. The van der Waals surface area contributed by atoms with E-state index in [1.165, 1.54) is 0 Å². The summed E-state index contributed by atoms with van der Waals surface area (Å²) in [6.45, 7) is 3.53. The average molecular weight is 377 g/mol. The predicted octanol–water partition coefficient (Wildman–Crippen LogP) is 1.41. The third kappa shape index (κ3) is 5.09. The summed E-state index contributed by atoms with van der Waals surface area (Å²) in [4.78, 5) is 14.2. The van der Waals surface area contributed by atoms with Gasteiger partial charge in [-0.05, 0) is 12.5 Å². The second-order valence-corrected chi connectivity index (χ2v) is 7.83. The lowest BCUT2D eigenvalue weighted by atomic mass is 10.0. The zero-order chi connectivity index (χ0) is 16.9. The van der Waals surface area contributed by atoms with Gasteiger partial charge in [-0.15, -0.1) is 12.4 Å². The number of hydrogen-bond acceptors (Lipinski definition) is 5. The van der Waals surface area contributed by atoms with Gasteiger partial charge < -0.3 is 15.0 Å². The van der Waals surface area contributed by atoms with Gasteiger partial charge in [-0.2, -0.15) is 0 Å². The number of nitrogens with zero attached hydrogens (tertiary/aromatic N) is 1. The van der Waals surface area contributed by atoms with E-state index >= 15 is 0 Å². The lowest BCUT2D eigenvalue weighted by Gasteiger charge is -2.37. The fraction of sp³-hybridized carbons (Fsp3) is 0.562. The Morgan fingerprint density at radius 3 is 2.75 bits per heavy atom. The fourth-order valence-electron chi connectivity index (χ4n) is 2.88. The minimum atomic E-state index is -3.34. The number of benzene rings is 1. The molecule has 1 saturated heterocycles. The maximum Gasteiger partial charge on any atom is 0.238 e. The molecule has 0 saturated carbocycles. The van der Waals surface area contributed by atoms with Gasteiger partial charge in [0, 0.05) is 25.2 Å². The summed E-state index contributed by atoms with van der Waals surface area (Å²) >= 11 is 0. The molecule has 1 heterocycles. The third-order valence-electron chi connectivity index (χ3n) is 3.92. The van der Waals surface area contributed by atoms with Crippen molar-refractivity contribution in [1.29, 1.82) is 0 Å². The number of halogens is 1. The summed E-state index contributed by atoms with van der Waals surface area (Å²) in [5.41, 5.74) is 0.892. The highest BCUT2D eigenvalue weighted by molar-refractivity contribution is 7.92. The molecule has 0 radical (unpaired) electrons. The zero-order valence-corrected chi connectivity index (χ0v) is 15.7. The van der Waals surface area contributed by atoms with Gasteiger partial charge in [0.15, 0.2) is 9.84 Å². The molecular formula is C16H25ClN2O4S. The van der Waals surface area contributed by atoms with Crippen LogP contribution in [0.15, 0.2) is 24.3 Å². The number of rotatable bonds is 6. The predicted molar refractivity (Wildman–Crippen MR) is 96.5 cm³/mol. The van der Waals surface area contributed by atoms with Crippen molar-refractivity contribution in [2.75, 3.05) is 38.2 Å². The summed E-state index contributed by atoms with van der Waals surface area (Å²) < 4.78 is 29.3. The largest absolute Gasteiger partial charge is 0.496 e. The number of carbonyl (C=O) groups is 1. The maximum atomic E-state index is 12.6. The average Bonchev–Trinajstić information content (AvgIpc) is 2.54. The minimum Gasteiger partial charge on any atom is -0.496 e. The Hall–Kier alpha value is -1.31. The van der Waals surface area contributed by atoms with E-state index in [-0.39, 0.29) is 30.1 Å². The molecule has 0 spiro atoms. The monoisotopic (exact) mass is 376 g/mol. The molecule has 0 bridgehead atoms.